The van der Waals surface area contributed by atoms with E-state index in [1.54, 1.807) is 49.9 Å². The molecule has 1 fully saturated rings. The monoisotopic (exact) mass is 653 g/mol. The molecule has 0 aliphatic carbocycles. The number of carbonyl (C=O) groups excluding carboxylic acids is 6. The summed E-state index contributed by atoms with van der Waals surface area (Å²) in [5.74, 6) is -4.37. The topological polar surface area (TPSA) is 121 Å². The van der Waals surface area contributed by atoms with Gasteiger partial charge in [0.1, 0.15) is 0 Å². The number of hydrogen-bond donors (Lipinski definition) is 1. The summed E-state index contributed by atoms with van der Waals surface area (Å²) in [6.45, 7) is 7.82. The number of hydrogen-bond acceptors (Lipinski definition) is 7. The molecule has 0 saturated carbocycles. The summed E-state index contributed by atoms with van der Waals surface area (Å²) < 4.78 is 0. The summed E-state index contributed by atoms with van der Waals surface area (Å²) in [6.07, 6.45) is -0.207. The Hall–Kier alpha value is -4.50. The fraction of sp³-hybridized carbons (Fsp3) is 0.436. The van der Waals surface area contributed by atoms with Gasteiger partial charge in [0, 0.05) is 69.3 Å². The smallest absolute Gasteiger partial charge is 0.224 e. The molecule has 1 saturated heterocycles. The number of rotatable bonds is 16. The van der Waals surface area contributed by atoms with Crippen LogP contribution in [0.2, 0.25) is 0 Å². The third kappa shape index (κ3) is 9.76. The molecule has 1 heterocycles. The van der Waals surface area contributed by atoms with Gasteiger partial charge in [-0.3, -0.25) is 28.8 Å². The first-order valence-corrected chi connectivity index (χ1v) is 16.9. The van der Waals surface area contributed by atoms with E-state index in [4.69, 9.17) is 0 Å². The molecule has 254 valence electrons. The van der Waals surface area contributed by atoms with Crippen molar-refractivity contribution in [1.82, 2.24) is 15.1 Å². The van der Waals surface area contributed by atoms with Crippen molar-refractivity contribution in [2.24, 2.45) is 17.8 Å². The van der Waals surface area contributed by atoms with Gasteiger partial charge < -0.3 is 15.1 Å². The maximum atomic E-state index is 13.7. The van der Waals surface area contributed by atoms with Gasteiger partial charge >= 0.3 is 0 Å². The van der Waals surface area contributed by atoms with Gasteiger partial charge in [-0.05, 0) is 42.6 Å². The number of carbonyl (C=O) groups is 6. The lowest BCUT2D eigenvalue weighted by Gasteiger charge is -2.32. The fourth-order valence-corrected chi connectivity index (χ4v) is 6.16. The minimum absolute atomic E-state index is 0.0424. The molecular formula is C39H47N3O6. The largest absolute Gasteiger partial charge is 0.346 e. The highest BCUT2D eigenvalue weighted by atomic mass is 16.2. The van der Waals surface area contributed by atoms with Crippen LogP contribution >= 0.6 is 0 Å². The molecule has 0 radical (unpaired) electrons. The van der Waals surface area contributed by atoms with Crippen molar-refractivity contribution in [2.45, 2.75) is 58.9 Å². The Morgan fingerprint density at radius 3 is 2.08 bits per heavy atom. The normalized spacial score (nSPS) is 15.5. The molecule has 9 nitrogen and oxygen atoms in total. The number of amides is 2. The van der Waals surface area contributed by atoms with E-state index in [-0.39, 0.29) is 49.1 Å². The zero-order chi connectivity index (χ0) is 34.8. The van der Waals surface area contributed by atoms with Crippen LogP contribution in [0.15, 0.2) is 72.8 Å². The highest BCUT2D eigenvalue weighted by Gasteiger charge is 2.33. The van der Waals surface area contributed by atoms with Crippen molar-refractivity contribution < 1.29 is 28.8 Å². The molecule has 3 aromatic carbocycles. The van der Waals surface area contributed by atoms with Crippen LogP contribution in [0.4, 0.5) is 0 Å². The van der Waals surface area contributed by atoms with Crippen molar-refractivity contribution >= 4 is 45.7 Å². The van der Waals surface area contributed by atoms with Gasteiger partial charge in [-0.25, -0.2) is 0 Å². The van der Waals surface area contributed by atoms with Crippen molar-refractivity contribution in [3.8, 4) is 0 Å². The van der Waals surface area contributed by atoms with Crippen LogP contribution < -0.4 is 5.32 Å². The van der Waals surface area contributed by atoms with E-state index in [1.807, 2.05) is 55.6 Å². The Bertz CT molecular complexity index is 1620. The van der Waals surface area contributed by atoms with Gasteiger partial charge in [0.05, 0.1) is 6.04 Å². The van der Waals surface area contributed by atoms with E-state index < -0.39 is 35.4 Å². The molecule has 1 aliphatic heterocycles. The molecule has 0 unspecified atom stereocenters. The lowest BCUT2D eigenvalue weighted by atomic mass is 9.83. The van der Waals surface area contributed by atoms with E-state index in [9.17, 15) is 28.8 Å². The summed E-state index contributed by atoms with van der Waals surface area (Å²) in [4.78, 5) is 83.0. The van der Waals surface area contributed by atoms with E-state index in [0.29, 0.717) is 25.1 Å². The fourth-order valence-electron chi connectivity index (χ4n) is 6.16. The Kier molecular flexibility index (Phi) is 12.9. The van der Waals surface area contributed by atoms with Crippen LogP contribution in [0.1, 0.15) is 62.4 Å². The van der Waals surface area contributed by atoms with E-state index in [0.717, 1.165) is 29.4 Å². The zero-order valence-corrected chi connectivity index (χ0v) is 28.4. The number of benzene rings is 3. The number of Topliss-reactive ketones (excluding diaryl/α,β-unsaturated/α-hetero) is 4. The highest BCUT2D eigenvalue weighted by molar-refractivity contribution is 6.38. The van der Waals surface area contributed by atoms with Gasteiger partial charge in [-0.1, -0.05) is 86.6 Å². The van der Waals surface area contributed by atoms with E-state index in [2.05, 4.69) is 10.2 Å². The molecule has 0 spiro atoms. The summed E-state index contributed by atoms with van der Waals surface area (Å²) in [6, 6.07) is 21.6. The molecule has 48 heavy (non-hydrogen) atoms. The Morgan fingerprint density at radius 1 is 0.750 bits per heavy atom. The maximum Gasteiger partial charge on any atom is 0.224 e. The van der Waals surface area contributed by atoms with Crippen LogP contribution in [-0.2, 0) is 30.4 Å². The van der Waals surface area contributed by atoms with Gasteiger partial charge in [-0.2, -0.15) is 0 Å². The van der Waals surface area contributed by atoms with Crippen LogP contribution in [-0.4, -0.2) is 84.0 Å². The van der Waals surface area contributed by atoms with Gasteiger partial charge in [0.25, 0.3) is 0 Å². The third-order valence-corrected chi connectivity index (χ3v) is 9.35. The number of piperazine rings is 1. The summed E-state index contributed by atoms with van der Waals surface area (Å²) in [5, 5.41) is 4.82. The number of nitrogens with zero attached hydrogens (tertiary/aromatic N) is 2. The molecule has 0 aromatic heterocycles. The molecule has 1 N–H and O–H groups in total. The predicted molar refractivity (Wildman–Crippen MR) is 185 cm³/mol. The van der Waals surface area contributed by atoms with E-state index >= 15 is 0 Å². The first kappa shape index (κ1) is 36.3. The van der Waals surface area contributed by atoms with Gasteiger partial charge in [0.2, 0.25) is 17.6 Å². The van der Waals surface area contributed by atoms with Crippen molar-refractivity contribution in [3.05, 3.63) is 83.9 Å². The second-order valence-corrected chi connectivity index (χ2v) is 13.3. The van der Waals surface area contributed by atoms with Crippen LogP contribution in [0.5, 0.6) is 0 Å². The molecule has 1 aliphatic rings. The van der Waals surface area contributed by atoms with Crippen LogP contribution in [0.3, 0.4) is 0 Å². The van der Waals surface area contributed by atoms with Crippen molar-refractivity contribution in [2.75, 3.05) is 33.2 Å². The lowest BCUT2D eigenvalue weighted by Crippen LogP contribution is -2.47. The Labute approximate surface area is 283 Å². The number of likely N-dealkylation sites (N-methyl/N-ethyl adjacent to an activating group) is 1. The third-order valence-electron chi connectivity index (χ3n) is 9.35. The molecule has 9 heteroatoms. The van der Waals surface area contributed by atoms with Gasteiger partial charge in [0.15, 0.2) is 17.3 Å². The average Bonchev–Trinajstić information content (AvgIpc) is 3.09. The summed E-state index contributed by atoms with van der Waals surface area (Å²) >= 11 is 0. The zero-order valence-electron chi connectivity index (χ0n) is 28.4. The molecule has 0 bridgehead atoms. The number of fused-ring (bicyclic) bond motifs is 1. The van der Waals surface area contributed by atoms with Crippen LogP contribution in [0.25, 0.3) is 10.8 Å². The maximum absolute atomic E-state index is 13.7. The lowest BCUT2D eigenvalue weighted by molar-refractivity contribution is -0.142. The number of nitrogens with one attached hydrogen (secondary N) is 1. The second kappa shape index (κ2) is 17.1. The first-order valence-electron chi connectivity index (χ1n) is 16.9. The molecule has 4 rings (SSSR count). The van der Waals surface area contributed by atoms with E-state index in [1.165, 1.54) is 0 Å². The molecular weight excluding hydrogens is 606 g/mol. The van der Waals surface area contributed by atoms with Crippen molar-refractivity contribution in [1.29, 1.82) is 0 Å². The van der Waals surface area contributed by atoms with Gasteiger partial charge in [-0.15, -0.1) is 0 Å². The minimum Gasteiger partial charge on any atom is -0.346 e. The predicted octanol–water partition coefficient (Wildman–Crippen LogP) is 4.70. The highest BCUT2D eigenvalue weighted by Crippen LogP contribution is 2.25. The molecule has 3 atom stereocenters. The summed E-state index contributed by atoms with van der Waals surface area (Å²) in [5.41, 5.74) is 1.42. The quantitative estimate of drug-likeness (QED) is 0.176. The van der Waals surface area contributed by atoms with Crippen LogP contribution in [0, 0.1) is 17.8 Å². The Balaban J connectivity index is 1.40. The summed E-state index contributed by atoms with van der Waals surface area (Å²) in [7, 11) is 1.99. The van der Waals surface area contributed by atoms with Crippen molar-refractivity contribution in [3.63, 3.8) is 0 Å². The number of ketones is 4. The first-order chi connectivity index (χ1) is 22.9. The SMILES string of the molecule is CC(C)[C@H](CC(=O)[C@H](C)NC(=O)[C@@H](CC(=O)c1ccccc1)Cc1cccc2ccccc12)C(=O)C(=O)CCC(=O)N1CCN(C)CC1. The standard InChI is InChI=1S/C39H47N3O6/c1-26(2)33(38(47)34(43)17-18-37(46)42-21-19-41(4)20-22-42)25-35(44)27(3)40-39(48)31(24-36(45)29-12-6-5-7-13-29)23-30-15-10-14-28-11-8-9-16-32(28)30/h5-16,26-27,31,33H,17-25H2,1-4H3,(H,40,48)/t27-,31+,33-/m0/s1. The molecule has 2 amide bonds. The Morgan fingerprint density at radius 2 is 1.40 bits per heavy atom. The second-order valence-electron chi connectivity index (χ2n) is 13.3. The average molecular weight is 654 g/mol. The minimum atomic E-state index is -0.942. The molecule has 3 aromatic rings.